The minimum Gasteiger partial charge on any atom is -0.376 e. The first-order valence-electron chi connectivity index (χ1n) is 7.27. The van der Waals surface area contributed by atoms with Crippen molar-refractivity contribution in [2.75, 3.05) is 0 Å². The first kappa shape index (κ1) is 15.5. The summed E-state index contributed by atoms with van der Waals surface area (Å²) in [5.74, 6) is 0. The Morgan fingerprint density at radius 3 is 2.00 bits per heavy atom. The third kappa shape index (κ3) is 3.41. The SMILES string of the molecule is CC(C)(C)c1cc(C2=NOC(C#N)C2)cc(C(C)(C)C)n1. The monoisotopic (exact) mass is 285 g/mol. The van der Waals surface area contributed by atoms with Crippen molar-refractivity contribution < 1.29 is 4.84 Å². The van der Waals surface area contributed by atoms with Gasteiger partial charge in [-0.1, -0.05) is 46.7 Å². The van der Waals surface area contributed by atoms with Crippen molar-refractivity contribution in [3.63, 3.8) is 0 Å². The van der Waals surface area contributed by atoms with Crippen molar-refractivity contribution in [2.45, 2.75) is 64.9 Å². The van der Waals surface area contributed by atoms with Crippen molar-refractivity contribution >= 4 is 5.71 Å². The number of aromatic nitrogens is 1. The number of nitriles is 1. The van der Waals surface area contributed by atoms with Crippen LogP contribution >= 0.6 is 0 Å². The standard InChI is InChI=1S/C17H23N3O/c1-16(2,3)14-7-11(8-15(19-14)17(4,5)6)13-9-12(10-18)21-20-13/h7-8,12H,9H2,1-6H3. The van der Waals surface area contributed by atoms with Crippen LogP contribution in [0.4, 0.5) is 0 Å². The molecule has 4 heteroatoms. The van der Waals surface area contributed by atoms with Gasteiger partial charge in [-0.15, -0.1) is 0 Å². The normalized spacial score (nSPS) is 18.9. The number of hydrogen-bond donors (Lipinski definition) is 0. The molecule has 0 amide bonds. The quantitative estimate of drug-likeness (QED) is 0.790. The van der Waals surface area contributed by atoms with Gasteiger partial charge >= 0.3 is 0 Å². The number of pyridine rings is 1. The molecule has 0 fully saturated rings. The highest BCUT2D eigenvalue weighted by Gasteiger charge is 2.26. The van der Waals surface area contributed by atoms with Gasteiger partial charge in [-0.3, -0.25) is 4.98 Å². The summed E-state index contributed by atoms with van der Waals surface area (Å²) in [5, 5.41) is 13.0. The van der Waals surface area contributed by atoms with Crippen LogP contribution in [0.5, 0.6) is 0 Å². The molecule has 0 saturated heterocycles. The maximum absolute atomic E-state index is 8.94. The molecule has 1 atom stereocenters. The summed E-state index contributed by atoms with van der Waals surface area (Å²) < 4.78 is 0. The number of hydrogen-bond acceptors (Lipinski definition) is 4. The molecule has 21 heavy (non-hydrogen) atoms. The van der Waals surface area contributed by atoms with E-state index in [9.17, 15) is 0 Å². The molecule has 0 N–H and O–H groups in total. The van der Waals surface area contributed by atoms with E-state index in [0.29, 0.717) is 6.42 Å². The van der Waals surface area contributed by atoms with E-state index in [1.807, 2.05) is 0 Å². The summed E-state index contributed by atoms with van der Waals surface area (Å²) in [6, 6.07) is 6.23. The molecule has 112 valence electrons. The van der Waals surface area contributed by atoms with E-state index in [1.165, 1.54) is 0 Å². The van der Waals surface area contributed by atoms with Gasteiger partial charge in [0.15, 0.2) is 0 Å². The van der Waals surface area contributed by atoms with Crippen LogP contribution in [-0.2, 0) is 15.7 Å². The Balaban J connectivity index is 2.50. The molecule has 1 aromatic heterocycles. The average Bonchev–Trinajstić information content (AvgIpc) is 2.85. The first-order chi connectivity index (χ1) is 9.61. The second kappa shape index (κ2) is 5.14. The molecule has 2 heterocycles. The number of oxime groups is 1. The van der Waals surface area contributed by atoms with Crippen molar-refractivity contribution in [3.8, 4) is 6.07 Å². The molecule has 4 nitrogen and oxygen atoms in total. The zero-order valence-electron chi connectivity index (χ0n) is 13.7. The lowest BCUT2D eigenvalue weighted by Crippen LogP contribution is -2.21. The van der Waals surface area contributed by atoms with Crippen LogP contribution < -0.4 is 0 Å². The van der Waals surface area contributed by atoms with E-state index in [-0.39, 0.29) is 10.8 Å². The van der Waals surface area contributed by atoms with Crippen LogP contribution in [-0.4, -0.2) is 16.8 Å². The Kier molecular flexibility index (Phi) is 3.79. The molecule has 0 radical (unpaired) electrons. The molecule has 0 bridgehead atoms. The molecule has 0 spiro atoms. The van der Waals surface area contributed by atoms with Crippen molar-refractivity contribution in [1.29, 1.82) is 5.26 Å². The molecule has 1 unspecified atom stereocenters. The zero-order valence-corrected chi connectivity index (χ0v) is 13.7. The highest BCUT2D eigenvalue weighted by atomic mass is 16.6. The lowest BCUT2D eigenvalue weighted by atomic mass is 9.85. The number of nitrogens with zero attached hydrogens (tertiary/aromatic N) is 3. The molecule has 0 aromatic carbocycles. The molecule has 1 aliphatic heterocycles. The zero-order chi connectivity index (χ0) is 15.8. The molecule has 1 aromatic rings. The fourth-order valence-electron chi connectivity index (χ4n) is 2.08. The van der Waals surface area contributed by atoms with Gasteiger partial charge in [0.05, 0.1) is 5.71 Å². The van der Waals surface area contributed by atoms with E-state index in [0.717, 1.165) is 22.7 Å². The van der Waals surface area contributed by atoms with Gasteiger partial charge in [0, 0.05) is 34.2 Å². The summed E-state index contributed by atoms with van der Waals surface area (Å²) >= 11 is 0. The minimum absolute atomic E-state index is 0.0370. The van der Waals surface area contributed by atoms with Gasteiger partial charge in [0.2, 0.25) is 6.10 Å². The summed E-state index contributed by atoms with van der Waals surface area (Å²) in [4.78, 5) is 9.95. The van der Waals surface area contributed by atoms with Gasteiger partial charge in [0.1, 0.15) is 6.07 Å². The Labute approximate surface area is 126 Å². The van der Waals surface area contributed by atoms with Gasteiger partial charge in [-0.05, 0) is 12.1 Å². The van der Waals surface area contributed by atoms with E-state index in [4.69, 9.17) is 15.1 Å². The lowest BCUT2D eigenvalue weighted by molar-refractivity contribution is 0.125. The predicted octanol–water partition coefficient (Wildman–Crippen LogP) is 3.69. The van der Waals surface area contributed by atoms with Crippen LogP contribution in [0, 0.1) is 11.3 Å². The van der Waals surface area contributed by atoms with Crippen molar-refractivity contribution in [2.24, 2.45) is 5.16 Å². The third-order valence-electron chi connectivity index (χ3n) is 3.51. The lowest BCUT2D eigenvalue weighted by Gasteiger charge is -2.24. The molecule has 0 aliphatic carbocycles. The van der Waals surface area contributed by atoms with Crippen LogP contribution in [0.3, 0.4) is 0 Å². The van der Waals surface area contributed by atoms with Crippen LogP contribution in [0.2, 0.25) is 0 Å². The summed E-state index contributed by atoms with van der Waals surface area (Å²) in [7, 11) is 0. The van der Waals surface area contributed by atoms with Crippen LogP contribution in [0.25, 0.3) is 0 Å². The maximum atomic E-state index is 8.94. The largest absolute Gasteiger partial charge is 0.376 e. The van der Waals surface area contributed by atoms with E-state index < -0.39 is 6.10 Å². The summed E-state index contributed by atoms with van der Waals surface area (Å²) in [6.45, 7) is 12.9. The molecular weight excluding hydrogens is 262 g/mol. The third-order valence-corrected chi connectivity index (χ3v) is 3.51. The fourth-order valence-corrected chi connectivity index (χ4v) is 2.08. The Morgan fingerprint density at radius 2 is 1.62 bits per heavy atom. The van der Waals surface area contributed by atoms with E-state index in [1.54, 1.807) is 0 Å². The fraction of sp³-hybridized carbons (Fsp3) is 0.588. The summed E-state index contributed by atoms with van der Waals surface area (Å²) in [6.07, 6.45) is 0.0672. The second-order valence-electron chi connectivity index (χ2n) is 7.59. The average molecular weight is 285 g/mol. The highest BCUT2D eigenvalue weighted by molar-refractivity contribution is 6.01. The van der Waals surface area contributed by atoms with Crippen LogP contribution in [0.15, 0.2) is 17.3 Å². The minimum atomic E-state index is -0.468. The van der Waals surface area contributed by atoms with Crippen molar-refractivity contribution in [3.05, 3.63) is 29.1 Å². The topological polar surface area (TPSA) is 58.3 Å². The Bertz CT molecular complexity index is 580. The molecular formula is C17H23N3O. The highest BCUT2D eigenvalue weighted by Crippen LogP contribution is 2.28. The molecule has 2 rings (SSSR count). The van der Waals surface area contributed by atoms with Crippen LogP contribution in [0.1, 0.15) is 64.9 Å². The Morgan fingerprint density at radius 1 is 1.10 bits per heavy atom. The van der Waals surface area contributed by atoms with E-state index in [2.05, 4.69) is 64.9 Å². The molecule has 1 aliphatic rings. The molecule has 0 saturated carbocycles. The van der Waals surface area contributed by atoms with Gasteiger partial charge in [-0.2, -0.15) is 5.26 Å². The predicted molar refractivity (Wildman–Crippen MR) is 83.3 cm³/mol. The second-order valence-corrected chi connectivity index (χ2v) is 7.59. The maximum Gasteiger partial charge on any atom is 0.218 e. The smallest absolute Gasteiger partial charge is 0.218 e. The van der Waals surface area contributed by atoms with Gasteiger partial charge in [-0.25, -0.2) is 0 Å². The van der Waals surface area contributed by atoms with Crippen molar-refractivity contribution in [1.82, 2.24) is 4.98 Å². The van der Waals surface area contributed by atoms with Gasteiger partial charge < -0.3 is 4.84 Å². The Hall–Kier alpha value is -1.89. The summed E-state index contributed by atoms with van der Waals surface area (Å²) in [5.41, 5.74) is 3.84. The number of rotatable bonds is 1. The van der Waals surface area contributed by atoms with E-state index >= 15 is 0 Å². The first-order valence-corrected chi connectivity index (χ1v) is 7.27. The van der Waals surface area contributed by atoms with Gasteiger partial charge in [0.25, 0.3) is 0 Å².